The van der Waals surface area contributed by atoms with Crippen molar-refractivity contribution in [3.8, 4) is 0 Å². The quantitative estimate of drug-likeness (QED) is 0.751. The molecule has 5 heteroatoms. The van der Waals surface area contributed by atoms with E-state index in [0.29, 0.717) is 6.54 Å². The number of thiophene rings is 1. The summed E-state index contributed by atoms with van der Waals surface area (Å²) in [6, 6.07) is 3.87. The molecule has 0 aliphatic heterocycles. The first-order chi connectivity index (χ1) is 6.68. The van der Waals surface area contributed by atoms with E-state index in [4.69, 9.17) is 5.73 Å². The van der Waals surface area contributed by atoms with Crippen LogP contribution < -0.4 is 11.1 Å². The van der Waals surface area contributed by atoms with Crippen LogP contribution in [0.15, 0.2) is 17.5 Å². The molecule has 0 spiro atoms. The Morgan fingerprint density at radius 2 is 2.21 bits per heavy atom. The zero-order valence-electron chi connectivity index (χ0n) is 7.66. The van der Waals surface area contributed by atoms with Gasteiger partial charge in [-0.3, -0.25) is 9.59 Å². The Morgan fingerprint density at radius 1 is 1.43 bits per heavy atom. The molecule has 4 nitrogen and oxygen atoms in total. The van der Waals surface area contributed by atoms with Gasteiger partial charge in [0.25, 0.3) is 0 Å². The van der Waals surface area contributed by atoms with E-state index in [-0.39, 0.29) is 18.7 Å². The van der Waals surface area contributed by atoms with Crippen molar-refractivity contribution in [3.05, 3.63) is 22.4 Å². The fourth-order valence-corrected chi connectivity index (χ4v) is 1.57. The number of carbonyl (C=O) groups is 2. The van der Waals surface area contributed by atoms with Gasteiger partial charge in [0.15, 0.2) is 0 Å². The van der Waals surface area contributed by atoms with Crippen LogP contribution in [0.1, 0.15) is 17.7 Å². The number of nitrogens with one attached hydrogen (secondary N) is 1. The van der Waals surface area contributed by atoms with Gasteiger partial charge in [-0.1, -0.05) is 6.07 Å². The van der Waals surface area contributed by atoms with Crippen LogP contribution in [0.3, 0.4) is 0 Å². The highest BCUT2D eigenvalue weighted by Gasteiger charge is 2.03. The van der Waals surface area contributed by atoms with E-state index in [1.54, 1.807) is 11.3 Å². The highest BCUT2D eigenvalue weighted by atomic mass is 32.1. The SMILES string of the molecule is NC(=O)CCC(=O)NCc1cccs1. The summed E-state index contributed by atoms with van der Waals surface area (Å²) in [5.74, 6) is -0.589. The van der Waals surface area contributed by atoms with Crippen molar-refractivity contribution in [2.75, 3.05) is 0 Å². The lowest BCUT2D eigenvalue weighted by molar-refractivity contribution is -0.125. The van der Waals surface area contributed by atoms with E-state index in [2.05, 4.69) is 5.32 Å². The average Bonchev–Trinajstić information content (AvgIpc) is 2.63. The first-order valence-electron chi connectivity index (χ1n) is 4.26. The van der Waals surface area contributed by atoms with Crippen molar-refractivity contribution >= 4 is 23.2 Å². The molecule has 14 heavy (non-hydrogen) atoms. The number of nitrogens with two attached hydrogens (primary N) is 1. The van der Waals surface area contributed by atoms with Crippen LogP contribution in [0.5, 0.6) is 0 Å². The van der Waals surface area contributed by atoms with Crippen LogP contribution in [-0.4, -0.2) is 11.8 Å². The molecule has 0 unspecified atom stereocenters. The Labute approximate surface area is 86.1 Å². The molecule has 0 atom stereocenters. The minimum Gasteiger partial charge on any atom is -0.370 e. The van der Waals surface area contributed by atoms with Crippen molar-refractivity contribution in [1.82, 2.24) is 5.32 Å². The second-order valence-corrected chi connectivity index (χ2v) is 3.85. The Bertz CT molecular complexity index is 309. The molecule has 76 valence electrons. The van der Waals surface area contributed by atoms with E-state index in [1.165, 1.54) is 0 Å². The smallest absolute Gasteiger partial charge is 0.220 e. The summed E-state index contributed by atoms with van der Waals surface area (Å²) in [6.45, 7) is 0.523. The third-order valence-corrected chi connectivity index (χ3v) is 2.51. The molecule has 2 amide bonds. The second-order valence-electron chi connectivity index (χ2n) is 2.82. The van der Waals surface area contributed by atoms with Gasteiger partial charge in [-0.2, -0.15) is 0 Å². The van der Waals surface area contributed by atoms with Gasteiger partial charge in [0, 0.05) is 17.7 Å². The van der Waals surface area contributed by atoms with Gasteiger partial charge in [-0.05, 0) is 11.4 Å². The number of hydrogen-bond acceptors (Lipinski definition) is 3. The Balaban J connectivity index is 2.18. The maximum Gasteiger partial charge on any atom is 0.220 e. The first-order valence-corrected chi connectivity index (χ1v) is 5.14. The Hall–Kier alpha value is -1.36. The lowest BCUT2D eigenvalue weighted by atomic mass is 10.3. The summed E-state index contributed by atoms with van der Waals surface area (Å²) >= 11 is 1.58. The lowest BCUT2D eigenvalue weighted by Gasteiger charge is -2.01. The summed E-state index contributed by atoms with van der Waals surface area (Å²) in [4.78, 5) is 22.6. The van der Waals surface area contributed by atoms with Gasteiger partial charge < -0.3 is 11.1 Å². The van der Waals surface area contributed by atoms with Crippen LogP contribution in [0.25, 0.3) is 0 Å². The van der Waals surface area contributed by atoms with E-state index < -0.39 is 5.91 Å². The number of rotatable bonds is 5. The molecule has 0 radical (unpaired) electrons. The highest BCUT2D eigenvalue weighted by molar-refractivity contribution is 7.09. The molecule has 1 heterocycles. The predicted octanol–water partition coefficient (Wildman–Crippen LogP) is 0.630. The molecule has 0 aliphatic carbocycles. The Morgan fingerprint density at radius 3 is 2.79 bits per heavy atom. The number of hydrogen-bond donors (Lipinski definition) is 2. The fourth-order valence-electron chi connectivity index (χ4n) is 0.924. The van der Waals surface area contributed by atoms with Crippen molar-refractivity contribution in [2.45, 2.75) is 19.4 Å². The van der Waals surface area contributed by atoms with Crippen molar-refractivity contribution < 1.29 is 9.59 Å². The topological polar surface area (TPSA) is 72.2 Å². The summed E-state index contributed by atoms with van der Waals surface area (Å²) in [5.41, 5.74) is 4.91. The third-order valence-electron chi connectivity index (χ3n) is 1.64. The second kappa shape index (κ2) is 5.39. The summed E-state index contributed by atoms with van der Waals surface area (Å²) in [6.07, 6.45) is 0.275. The molecule has 0 fully saturated rings. The summed E-state index contributed by atoms with van der Waals surface area (Å²) < 4.78 is 0. The summed E-state index contributed by atoms with van der Waals surface area (Å²) in [5, 5.41) is 4.65. The molecule has 3 N–H and O–H groups in total. The Kier molecular flexibility index (Phi) is 4.12. The zero-order chi connectivity index (χ0) is 10.4. The molecule has 0 saturated carbocycles. The largest absolute Gasteiger partial charge is 0.370 e. The van der Waals surface area contributed by atoms with E-state index in [0.717, 1.165) is 4.88 Å². The van der Waals surface area contributed by atoms with Gasteiger partial charge in [-0.25, -0.2) is 0 Å². The maximum atomic E-state index is 11.1. The monoisotopic (exact) mass is 212 g/mol. The minimum absolute atomic E-state index is 0.107. The number of amides is 2. The van der Waals surface area contributed by atoms with Crippen LogP contribution in [-0.2, 0) is 16.1 Å². The molecule has 0 aromatic carbocycles. The van der Waals surface area contributed by atoms with Gasteiger partial charge in [0.1, 0.15) is 0 Å². The summed E-state index contributed by atoms with van der Waals surface area (Å²) in [7, 11) is 0. The van der Waals surface area contributed by atoms with Crippen LogP contribution >= 0.6 is 11.3 Å². The van der Waals surface area contributed by atoms with E-state index in [1.807, 2.05) is 17.5 Å². The van der Waals surface area contributed by atoms with E-state index in [9.17, 15) is 9.59 Å². The van der Waals surface area contributed by atoms with Crippen LogP contribution in [0.2, 0.25) is 0 Å². The molecular weight excluding hydrogens is 200 g/mol. The zero-order valence-corrected chi connectivity index (χ0v) is 8.47. The van der Waals surface area contributed by atoms with Crippen molar-refractivity contribution in [2.24, 2.45) is 5.73 Å². The number of carbonyl (C=O) groups excluding carboxylic acids is 2. The fraction of sp³-hybridized carbons (Fsp3) is 0.333. The third kappa shape index (κ3) is 4.04. The minimum atomic E-state index is -0.448. The lowest BCUT2D eigenvalue weighted by Crippen LogP contribution is -2.24. The molecular formula is C9H12N2O2S. The molecule has 1 aromatic rings. The molecule has 1 aromatic heterocycles. The van der Waals surface area contributed by atoms with Crippen molar-refractivity contribution in [1.29, 1.82) is 0 Å². The molecule has 1 rings (SSSR count). The average molecular weight is 212 g/mol. The predicted molar refractivity (Wildman–Crippen MR) is 54.6 cm³/mol. The maximum absolute atomic E-state index is 11.1. The highest BCUT2D eigenvalue weighted by Crippen LogP contribution is 2.07. The van der Waals surface area contributed by atoms with E-state index >= 15 is 0 Å². The normalized spacial score (nSPS) is 9.71. The van der Waals surface area contributed by atoms with Gasteiger partial charge in [0.2, 0.25) is 11.8 Å². The van der Waals surface area contributed by atoms with Gasteiger partial charge in [-0.15, -0.1) is 11.3 Å². The van der Waals surface area contributed by atoms with Crippen LogP contribution in [0.4, 0.5) is 0 Å². The van der Waals surface area contributed by atoms with Gasteiger partial charge >= 0.3 is 0 Å². The molecule has 0 saturated heterocycles. The first kappa shape index (κ1) is 10.7. The van der Waals surface area contributed by atoms with Gasteiger partial charge in [0.05, 0.1) is 6.54 Å². The standard InChI is InChI=1S/C9H12N2O2S/c10-8(12)3-4-9(13)11-6-7-2-1-5-14-7/h1-2,5H,3-4,6H2,(H2,10,12)(H,11,13). The number of primary amides is 1. The van der Waals surface area contributed by atoms with Crippen molar-refractivity contribution in [3.63, 3.8) is 0 Å². The molecule has 0 aliphatic rings. The van der Waals surface area contributed by atoms with Crippen LogP contribution in [0, 0.1) is 0 Å². The molecule has 0 bridgehead atoms.